The minimum Gasteiger partial charge on any atom is -0.486 e. The Bertz CT molecular complexity index is 653. The molecule has 1 aliphatic rings. The second-order valence-electron chi connectivity index (χ2n) is 4.58. The van der Waals surface area contributed by atoms with E-state index in [1.165, 1.54) is 0 Å². The van der Waals surface area contributed by atoms with Gasteiger partial charge in [-0.3, -0.25) is 4.79 Å². The lowest BCUT2D eigenvalue weighted by atomic mass is 10.2. The van der Waals surface area contributed by atoms with Crippen molar-refractivity contribution in [3.8, 4) is 11.5 Å². The van der Waals surface area contributed by atoms with Gasteiger partial charge in [0.15, 0.2) is 17.3 Å². The molecule has 2 aromatic rings. The Kier molecular flexibility index (Phi) is 3.63. The van der Waals surface area contributed by atoms with E-state index < -0.39 is 0 Å². The molecular weight excluding hydrogens is 274 g/mol. The van der Waals surface area contributed by atoms with E-state index in [0.717, 1.165) is 5.69 Å². The molecule has 0 saturated carbocycles. The molecule has 0 bridgehead atoms. The molecule has 110 valence electrons. The molecule has 0 radical (unpaired) electrons. The van der Waals surface area contributed by atoms with E-state index >= 15 is 0 Å². The molecule has 7 nitrogen and oxygen atoms in total. The molecule has 21 heavy (non-hydrogen) atoms. The van der Waals surface area contributed by atoms with Crippen molar-refractivity contribution >= 4 is 17.4 Å². The van der Waals surface area contributed by atoms with Crippen molar-refractivity contribution in [2.45, 2.75) is 6.92 Å². The Labute approximate surface area is 121 Å². The first kappa shape index (κ1) is 13.3. The van der Waals surface area contributed by atoms with Crippen LogP contribution >= 0.6 is 0 Å². The fourth-order valence-corrected chi connectivity index (χ4v) is 1.95. The molecule has 1 aromatic heterocycles. The van der Waals surface area contributed by atoms with Crippen LogP contribution in [0.15, 0.2) is 28.8 Å². The minimum absolute atomic E-state index is 0.117. The SMILES string of the molecule is Cc1cc(NC(=O)CNc2ccc3c(c2)OCCO3)no1. The van der Waals surface area contributed by atoms with Crippen molar-refractivity contribution in [2.24, 2.45) is 0 Å². The van der Waals surface area contributed by atoms with E-state index in [2.05, 4.69) is 15.8 Å². The Morgan fingerprint density at radius 2 is 2.05 bits per heavy atom. The van der Waals surface area contributed by atoms with Gasteiger partial charge in [0.1, 0.15) is 19.0 Å². The zero-order valence-electron chi connectivity index (χ0n) is 11.5. The number of hydrogen-bond acceptors (Lipinski definition) is 6. The standard InChI is InChI=1S/C14H15N3O4/c1-9-6-13(17-21-9)16-14(18)8-15-10-2-3-11-12(7-10)20-5-4-19-11/h2-3,6-7,15H,4-5,8H2,1H3,(H,16,17,18). The van der Waals surface area contributed by atoms with E-state index in [-0.39, 0.29) is 12.5 Å². The predicted molar refractivity (Wildman–Crippen MR) is 75.8 cm³/mol. The maximum atomic E-state index is 11.8. The first-order valence-corrected chi connectivity index (χ1v) is 6.57. The van der Waals surface area contributed by atoms with Gasteiger partial charge < -0.3 is 24.6 Å². The first-order valence-electron chi connectivity index (χ1n) is 6.57. The number of ether oxygens (including phenoxy) is 2. The van der Waals surface area contributed by atoms with E-state index in [1.807, 2.05) is 18.2 Å². The maximum absolute atomic E-state index is 11.8. The number of carbonyl (C=O) groups excluding carboxylic acids is 1. The third-order valence-corrected chi connectivity index (χ3v) is 2.89. The van der Waals surface area contributed by atoms with Crippen LogP contribution in [0.5, 0.6) is 11.5 Å². The Hall–Kier alpha value is -2.70. The molecule has 0 aliphatic carbocycles. The number of aryl methyl sites for hydroxylation is 1. The number of benzene rings is 1. The number of anilines is 2. The van der Waals surface area contributed by atoms with E-state index in [4.69, 9.17) is 14.0 Å². The Morgan fingerprint density at radius 1 is 1.24 bits per heavy atom. The lowest BCUT2D eigenvalue weighted by molar-refractivity contribution is -0.114. The van der Waals surface area contributed by atoms with Crippen molar-refractivity contribution in [1.82, 2.24) is 5.16 Å². The molecule has 2 heterocycles. The van der Waals surface area contributed by atoms with Crippen LogP contribution in [0.1, 0.15) is 5.76 Å². The molecule has 0 atom stereocenters. The average Bonchev–Trinajstić information content (AvgIpc) is 2.90. The maximum Gasteiger partial charge on any atom is 0.244 e. The molecule has 0 fully saturated rings. The Balaban J connectivity index is 1.56. The van der Waals surface area contributed by atoms with Crippen molar-refractivity contribution in [2.75, 3.05) is 30.4 Å². The Morgan fingerprint density at radius 3 is 2.81 bits per heavy atom. The van der Waals surface area contributed by atoms with Gasteiger partial charge in [0.25, 0.3) is 0 Å². The summed E-state index contributed by atoms with van der Waals surface area (Å²) in [5.41, 5.74) is 0.783. The normalized spacial score (nSPS) is 12.8. The predicted octanol–water partition coefficient (Wildman–Crippen LogP) is 1.80. The second kappa shape index (κ2) is 5.74. The highest BCUT2D eigenvalue weighted by Gasteiger charge is 2.12. The monoisotopic (exact) mass is 289 g/mol. The molecule has 1 amide bonds. The lowest BCUT2D eigenvalue weighted by Gasteiger charge is -2.19. The van der Waals surface area contributed by atoms with Crippen LogP contribution in [-0.4, -0.2) is 30.8 Å². The third-order valence-electron chi connectivity index (χ3n) is 2.89. The second-order valence-corrected chi connectivity index (χ2v) is 4.58. The summed E-state index contributed by atoms with van der Waals surface area (Å²) in [6.45, 7) is 2.96. The molecule has 0 unspecified atom stereocenters. The van der Waals surface area contributed by atoms with Crippen molar-refractivity contribution in [3.63, 3.8) is 0 Å². The average molecular weight is 289 g/mol. The van der Waals surface area contributed by atoms with Gasteiger partial charge in [-0.15, -0.1) is 0 Å². The van der Waals surface area contributed by atoms with Gasteiger partial charge in [0, 0.05) is 17.8 Å². The highest BCUT2D eigenvalue weighted by molar-refractivity contribution is 5.92. The van der Waals surface area contributed by atoms with Gasteiger partial charge in [-0.1, -0.05) is 5.16 Å². The minimum atomic E-state index is -0.210. The fraction of sp³-hybridized carbons (Fsp3) is 0.286. The summed E-state index contributed by atoms with van der Waals surface area (Å²) in [6, 6.07) is 7.11. The molecule has 3 rings (SSSR count). The first-order chi connectivity index (χ1) is 10.2. The summed E-state index contributed by atoms with van der Waals surface area (Å²) >= 11 is 0. The van der Waals surface area contributed by atoms with Crippen LogP contribution < -0.4 is 20.1 Å². The molecule has 7 heteroatoms. The largest absolute Gasteiger partial charge is 0.486 e. The van der Waals surface area contributed by atoms with Crippen molar-refractivity contribution in [1.29, 1.82) is 0 Å². The molecule has 2 N–H and O–H groups in total. The number of fused-ring (bicyclic) bond motifs is 1. The summed E-state index contributed by atoms with van der Waals surface area (Å²) in [4.78, 5) is 11.8. The van der Waals surface area contributed by atoms with Gasteiger partial charge in [-0.2, -0.15) is 0 Å². The van der Waals surface area contributed by atoms with Crippen molar-refractivity contribution < 1.29 is 18.8 Å². The molecule has 0 saturated heterocycles. The number of aromatic nitrogens is 1. The molecular formula is C14H15N3O4. The molecule has 0 spiro atoms. The summed E-state index contributed by atoms with van der Waals surface area (Å²) < 4.78 is 15.8. The fourth-order valence-electron chi connectivity index (χ4n) is 1.95. The van der Waals surface area contributed by atoms with E-state index in [9.17, 15) is 4.79 Å². The van der Waals surface area contributed by atoms with Gasteiger partial charge >= 0.3 is 0 Å². The van der Waals surface area contributed by atoms with E-state index in [1.54, 1.807) is 13.0 Å². The molecule has 1 aromatic carbocycles. The van der Waals surface area contributed by atoms with Crippen LogP contribution in [0, 0.1) is 6.92 Å². The van der Waals surface area contributed by atoms with Gasteiger partial charge in [-0.25, -0.2) is 0 Å². The smallest absolute Gasteiger partial charge is 0.244 e. The van der Waals surface area contributed by atoms with Gasteiger partial charge in [0.05, 0.1) is 6.54 Å². The zero-order chi connectivity index (χ0) is 14.7. The van der Waals surface area contributed by atoms with Crippen molar-refractivity contribution in [3.05, 3.63) is 30.0 Å². The highest BCUT2D eigenvalue weighted by atomic mass is 16.6. The summed E-state index contributed by atoms with van der Waals surface area (Å²) in [5, 5.41) is 9.35. The van der Waals surface area contributed by atoms with Crippen LogP contribution in [0.2, 0.25) is 0 Å². The number of nitrogens with one attached hydrogen (secondary N) is 2. The van der Waals surface area contributed by atoms with Crippen LogP contribution in [-0.2, 0) is 4.79 Å². The van der Waals surface area contributed by atoms with Crippen LogP contribution in [0.4, 0.5) is 11.5 Å². The topological polar surface area (TPSA) is 85.6 Å². The molecule has 1 aliphatic heterocycles. The summed E-state index contributed by atoms with van der Waals surface area (Å²) in [7, 11) is 0. The third kappa shape index (κ3) is 3.25. The lowest BCUT2D eigenvalue weighted by Crippen LogP contribution is -2.22. The number of amides is 1. The zero-order valence-corrected chi connectivity index (χ0v) is 11.5. The van der Waals surface area contributed by atoms with Gasteiger partial charge in [0.2, 0.25) is 5.91 Å². The van der Waals surface area contributed by atoms with Crippen LogP contribution in [0.25, 0.3) is 0 Å². The highest BCUT2D eigenvalue weighted by Crippen LogP contribution is 2.32. The quantitative estimate of drug-likeness (QED) is 0.892. The summed E-state index contributed by atoms with van der Waals surface area (Å²) in [5.74, 6) is 2.23. The van der Waals surface area contributed by atoms with Crippen LogP contribution in [0.3, 0.4) is 0 Å². The number of nitrogens with zero attached hydrogens (tertiary/aromatic N) is 1. The summed E-state index contributed by atoms with van der Waals surface area (Å²) in [6.07, 6.45) is 0. The van der Waals surface area contributed by atoms with E-state index in [0.29, 0.717) is 36.3 Å². The van der Waals surface area contributed by atoms with Gasteiger partial charge in [-0.05, 0) is 19.1 Å². The number of rotatable bonds is 4. The number of carbonyl (C=O) groups is 1. The number of hydrogen-bond donors (Lipinski definition) is 2.